The Morgan fingerprint density at radius 1 is 0.593 bits per heavy atom. The predicted octanol–water partition coefficient (Wildman–Crippen LogP) is -4.03. The number of alkyl halides is 2. The van der Waals surface area contributed by atoms with Crippen molar-refractivity contribution in [3.63, 3.8) is 0 Å². The summed E-state index contributed by atoms with van der Waals surface area (Å²) in [6, 6.07) is 0. The van der Waals surface area contributed by atoms with Crippen LogP contribution in [0.2, 0.25) is 0 Å². The molecule has 27 heavy (non-hydrogen) atoms. The van der Waals surface area contributed by atoms with Gasteiger partial charge in [-0.25, -0.2) is 0 Å². The maximum Gasteiger partial charge on any atom is 2.00 e. The zero-order valence-corrected chi connectivity index (χ0v) is 18.3. The molecule has 14 nitrogen and oxygen atoms in total. The SMILES string of the molecule is O=P([O-])([O-])OP(=O)([O-])OCCCl.O=P([O-])([O-])OP(=O)([O-])OCCCl.[Be+2].[Be+2].[Be+2]. The van der Waals surface area contributed by atoms with Crippen LogP contribution in [0.1, 0.15) is 0 Å². The summed E-state index contributed by atoms with van der Waals surface area (Å²) < 4.78 is 54.1. The van der Waals surface area contributed by atoms with Crippen LogP contribution in [0.4, 0.5) is 0 Å². The van der Waals surface area contributed by atoms with Crippen LogP contribution in [0.25, 0.3) is 0 Å². The van der Waals surface area contributed by atoms with Gasteiger partial charge in [0.05, 0.1) is 28.9 Å². The Balaban J connectivity index is -0.000000108. The molecule has 23 heteroatoms. The molecule has 0 heterocycles. The topological polar surface area (TPSA) is 244 Å². The number of phosphoric acid groups is 4. The van der Waals surface area contributed by atoms with Crippen molar-refractivity contribution in [1.82, 2.24) is 0 Å². The maximum atomic E-state index is 10.4. The van der Waals surface area contributed by atoms with Gasteiger partial charge in [-0.15, -0.1) is 23.2 Å². The van der Waals surface area contributed by atoms with Crippen LogP contribution in [0, 0.1) is 0 Å². The second-order valence-corrected chi connectivity index (χ2v) is 9.15. The van der Waals surface area contributed by atoms with Crippen molar-refractivity contribution in [2.45, 2.75) is 0 Å². The van der Waals surface area contributed by atoms with E-state index in [1.165, 1.54) is 0 Å². The van der Waals surface area contributed by atoms with Crippen LogP contribution in [-0.2, 0) is 35.9 Å². The molecular formula is C4H8Be3Cl2O14P4. The van der Waals surface area contributed by atoms with Crippen molar-refractivity contribution in [2.24, 2.45) is 0 Å². The first-order chi connectivity index (χ1) is 10.5. The van der Waals surface area contributed by atoms with Gasteiger partial charge in [-0.3, -0.25) is 17.8 Å². The Labute approximate surface area is 175 Å². The molecule has 0 rings (SSSR count). The summed E-state index contributed by atoms with van der Waals surface area (Å²) in [5, 5.41) is 0. The van der Waals surface area contributed by atoms with Gasteiger partial charge >= 0.3 is 30.4 Å². The van der Waals surface area contributed by atoms with Gasteiger partial charge in [0.25, 0.3) is 15.6 Å². The standard InChI is InChI=1S/2C2H7ClO7P2.3Be/c2*3-1-2-9-12(7,8)10-11(4,5)6;;;/h2*1-2H2,(H,7,8)(H2,4,5,6);;;/q;;3*+2/p-6. The number of halogens is 2. The van der Waals surface area contributed by atoms with Gasteiger partial charge in [0.1, 0.15) is 0 Å². The van der Waals surface area contributed by atoms with Crippen LogP contribution in [-0.4, -0.2) is 55.3 Å². The molecule has 0 N–H and O–H groups in total. The first-order valence-corrected chi connectivity index (χ1v) is 11.9. The zero-order chi connectivity index (χ0) is 19.7. The molecule has 0 aromatic heterocycles. The molecule has 0 saturated carbocycles. The van der Waals surface area contributed by atoms with E-state index in [-0.39, 0.29) is 42.1 Å². The average Bonchev–Trinajstić information content (AvgIpc) is 2.29. The molecule has 0 radical (unpaired) electrons. The van der Waals surface area contributed by atoms with Crippen LogP contribution in [0.3, 0.4) is 0 Å². The third-order valence-electron chi connectivity index (χ3n) is 1.05. The molecule has 0 aromatic carbocycles. The molecule has 0 spiro atoms. The summed E-state index contributed by atoms with van der Waals surface area (Å²) in [7, 11) is -21.2. The van der Waals surface area contributed by atoms with Crippen molar-refractivity contribution in [1.29, 1.82) is 0 Å². The molecule has 2 unspecified atom stereocenters. The first kappa shape index (κ1) is 39.1. The van der Waals surface area contributed by atoms with E-state index in [1.54, 1.807) is 0 Å². The van der Waals surface area contributed by atoms with Gasteiger partial charge in [0.15, 0.2) is 0 Å². The Morgan fingerprint density at radius 3 is 0.963 bits per heavy atom. The van der Waals surface area contributed by atoms with Crippen molar-refractivity contribution in [3.05, 3.63) is 0 Å². The summed E-state index contributed by atoms with van der Waals surface area (Å²) in [5.41, 5.74) is 0. The largest absolute Gasteiger partial charge is 2.00 e. The fraction of sp³-hybridized carbons (Fsp3) is 1.00. The monoisotopic (exact) mass is 501 g/mol. The number of rotatable bonds is 10. The quantitative estimate of drug-likeness (QED) is 0.157. The number of hydrogen-bond donors (Lipinski definition) is 0. The average molecular weight is 502 g/mol. The summed E-state index contributed by atoms with van der Waals surface area (Å²) in [5.74, 6) is -0.338. The van der Waals surface area contributed by atoms with E-state index in [0.29, 0.717) is 0 Å². The van der Waals surface area contributed by atoms with Gasteiger partial charge < -0.3 is 47.5 Å². The zero-order valence-electron chi connectivity index (χ0n) is 13.2. The molecule has 0 saturated heterocycles. The van der Waals surface area contributed by atoms with E-state index >= 15 is 0 Å². The molecule has 0 aromatic rings. The minimum Gasteiger partial charge on any atom is -0.790 e. The van der Waals surface area contributed by atoms with Crippen LogP contribution in [0.5, 0.6) is 0 Å². The molecule has 0 aliphatic carbocycles. The van der Waals surface area contributed by atoms with E-state index in [1.807, 2.05) is 0 Å². The van der Waals surface area contributed by atoms with Gasteiger partial charge in [-0.05, 0) is 0 Å². The van der Waals surface area contributed by atoms with Crippen LogP contribution in [0.15, 0.2) is 0 Å². The first-order valence-electron chi connectivity index (χ1n) is 5.03. The molecule has 0 fully saturated rings. The Morgan fingerprint density at radius 2 is 0.815 bits per heavy atom. The van der Waals surface area contributed by atoms with Crippen molar-refractivity contribution in [3.8, 4) is 0 Å². The van der Waals surface area contributed by atoms with Gasteiger partial charge in [0, 0.05) is 11.8 Å². The van der Waals surface area contributed by atoms with Crippen LogP contribution >= 0.6 is 54.5 Å². The summed E-state index contributed by atoms with van der Waals surface area (Å²) in [4.78, 5) is 59.8. The molecule has 0 amide bonds. The van der Waals surface area contributed by atoms with E-state index in [9.17, 15) is 47.6 Å². The number of phosphoric ester groups is 2. The third-order valence-corrected chi connectivity index (χ3v) is 5.56. The van der Waals surface area contributed by atoms with Crippen LogP contribution < -0.4 is 29.4 Å². The molecule has 0 aliphatic rings. The minimum atomic E-state index is -5.57. The fourth-order valence-corrected chi connectivity index (χ4v) is 3.92. The smallest absolute Gasteiger partial charge is 0.790 e. The summed E-state index contributed by atoms with van der Waals surface area (Å²) in [6.07, 6.45) is 0. The van der Waals surface area contributed by atoms with Crippen molar-refractivity contribution in [2.75, 3.05) is 25.0 Å². The fourth-order valence-electron chi connectivity index (χ4n) is 0.585. The van der Waals surface area contributed by atoms with Gasteiger partial charge in [-0.1, -0.05) is 0 Å². The second-order valence-electron chi connectivity index (χ2n) is 3.00. The van der Waals surface area contributed by atoms with E-state index in [4.69, 9.17) is 23.2 Å². The van der Waals surface area contributed by atoms with E-state index in [0.717, 1.165) is 0 Å². The summed E-state index contributed by atoms with van der Waals surface area (Å²) in [6.45, 7) is -0.912. The number of hydrogen-bond acceptors (Lipinski definition) is 14. The Bertz CT molecular complexity index is 504. The molecule has 2 atom stereocenters. The normalized spacial score (nSPS) is 15.4. The van der Waals surface area contributed by atoms with Gasteiger partial charge in [0.2, 0.25) is 0 Å². The predicted molar refractivity (Wildman–Crippen MR) is 83.2 cm³/mol. The van der Waals surface area contributed by atoms with Gasteiger partial charge in [-0.2, -0.15) is 0 Å². The summed E-state index contributed by atoms with van der Waals surface area (Å²) >= 11 is 10.0. The van der Waals surface area contributed by atoms with Crippen molar-refractivity contribution >= 4 is 84.9 Å². The third kappa shape index (κ3) is 32.5. The van der Waals surface area contributed by atoms with E-state index in [2.05, 4.69) is 17.7 Å². The Kier molecular flexibility index (Phi) is 25.1. The molecule has 0 aliphatic heterocycles. The maximum absolute atomic E-state index is 10.4. The van der Waals surface area contributed by atoms with Crippen molar-refractivity contribution < 1.29 is 65.3 Å². The molecular weight excluding hydrogens is 494 g/mol. The minimum absolute atomic E-state index is 0. The second kappa shape index (κ2) is 17.3. The van der Waals surface area contributed by atoms with E-state index < -0.39 is 44.5 Å². The molecule has 148 valence electrons. The molecule has 0 bridgehead atoms. The Hall–Kier alpha value is 1.61.